The van der Waals surface area contributed by atoms with Crippen LogP contribution in [-0.2, 0) is 0 Å². The first kappa shape index (κ1) is 12.4. The van der Waals surface area contributed by atoms with Crippen LogP contribution >= 0.6 is 0 Å². The summed E-state index contributed by atoms with van der Waals surface area (Å²) in [5.74, 6) is 1.84. The van der Waals surface area contributed by atoms with Crippen LogP contribution in [0, 0.1) is 0 Å². The van der Waals surface area contributed by atoms with Crippen molar-refractivity contribution >= 4 is 29.8 Å². The van der Waals surface area contributed by atoms with E-state index in [4.69, 9.17) is 9.47 Å². The number of hydrogen-bond acceptors (Lipinski definition) is 2. The van der Waals surface area contributed by atoms with Gasteiger partial charge in [0.05, 0.1) is 0 Å². The van der Waals surface area contributed by atoms with Crippen molar-refractivity contribution in [2.24, 2.45) is 0 Å². The Bertz CT molecular complexity index is 417. The number of methoxy groups -OCH3 is 2. The molecule has 0 saturated heterocycles. The van der Waals surface area contributed by atoms with Crippen molar-refractivity contribution in [3.05, 3.63) is 48.5 Å². The first-order valence-electron chi connectivity index (χ1n) is 5.31. The van der Waals surface area contributed by atoms with Crippen molar-refractivity contribution in [3.8, 4) is 11.5 Å². The zero-order valence-corrected chi connectivity index (χ0v) is 13.4. The van der Waals surface area contributed by atoms with Crippen molar-refractivity contribution in [2.75, 3.05) is 14.2 Å². The second kappa shape index (κ2) is 6.02. The van der Waals surface area contributed by atoms with Crippen LogP contribution in [0.1, 0.15) is 0 Å². The topological polar surface area (TPSA) is 18.5 Å². The Morgan fingerprint density at radius 2 is 1.00 bits per heavy atom. The predicted molar refractivity (Wildman–Crippen MR) is 71.0 cm³/mol. The van der Waals surface area contributed by atoms with Gasteiger partial charge >= 0.3 is 114 Å². The van der Waals surface area contributed by atoms with E-state index in [2.05, 4.69) is 24.3 Å². The molecule has 2 rings (SSSR count). The van der Waals surface area contributed by atoms with Crippen LogP contribution in [0.4, 0.5) is 0 Å². The van der Waals surface area contributed by atoms with Crippen LogP contribution in [0.2, 0.25) is 0 Å². The van der Waals surface area contributed by atoms with Gasteiger partial charge in [0.25, 0.3) is 0 Å². The summed E-state index contributed by atoms with van der Waals surface area (Å²) < 4.78 is 13.2. The molecule has 0 saturated carbocycles. The van der Waals surface area contributed by atoms with Gasteiger partial charge in [-0.05, 0) is 0 Å². The third kappa shape index (κ3) is 3.44. The molecule has 0 amide bonds. The standard InChI is InChI=1S/2C7H7O.Bi/c2*1-8-7-5-3-2-4-6-7;/h2*3-6H,1H3;/q;;+1. The molecule has 17 heavy (non-hydrogen) atoms. The average molecular weight is 423 g/mol. The molecule has 3 heteroatoms. The molecule has 2 aromatic carbocycles. The Morgan fingerprint density at radius 1 is 0.647 bits per heavy atom. The summed E-state index contributed by atoms with van der Waals surface area (Å²) in [6, 6.07) is 16.8. The van der Waals surface area contributed by atoms with E-state index >= 15 is 0 Å². The third-order valence-electron chi connectivity index (χ3n) is 2.40. The number of benzene rings is 2. The molecule has 0 spiro atoms. The van der Waals surface area contributed by atoms with Crippen molar-refractivity contribution in [1.29, 1.82) is 0 Å². The number of hydrogen-bond donors (Lipinski definition) is 0. The zero-order chi connectivity index (χ0) is 12.1. The van der Waals surface area contributed by atoms with Crippen LogP contribution in [0.5, 0.6) is 11.5 Å². The fourth-order valence-corrected chi connectivity index (χ4v) is 4.94. The first-order chi connectivity index (χ1) is 8.31. The molecule has 0 atom stereocenters. The molecule has 86 valence electrons. The summed E-state index contributed by atoms with van der Waals surface area (Å²) >= 11 is -0.788. The molecule has 0 fully saturated rings. The van der Waals surface area contributed by atoms with Crippen molar-refractivity contribution in [2.45, 2.75) is 0 Å². The molecule has 0 aliphatic rings. The SMILES string of the molecule is COc1cc[c]([Bi+][c]2ccc(OC)cc2)cc1. The Labute approximate surface area is 113 Å². The van der Waals surface area contributed by atoms with Crippen LogP contribution in [0.15, 0.2) is 48.5 Å². The van der Waals surface area contributed by atoms with E-state index in [1.165, 1.54) is 6.54 Å². The third-order valence-corrected chi connectivity index (χ3v) is 6.73. The van der Waals surface area contributed by atoms with Gasteiger partial charge in [0.2, 0.25) is 0 Å². The summed E-state index contributed by atoms with van der Waals surface area (Å²) in [5, 5.41) is 0. The van der Waals surface area contributed by atoms with E-state index in [9.17, 15) is 0 Å². The van der Waals surface area contributed by atoms with E-state index in [0.29, 0.717) is 0 Å². The summed E-state index contributed by atoms with van der Waals surface area (Å²) in [6.45, 7) is 0. The van der Waals surface area contributed by atoms with Crippen molar-refractivity contribution in [3.63, 3.8) is 0 Å². The van der Waals surface area contributed by atoms with Crippen LogP contribution in [0.3, 0.4) is 0 Å². The Kier molecular flexibility index (Phi) is 4.38. The van der Waals surface area contributed by atoms with Gasteiger partial charge in [-0.25, -0.2) is 0 Å². The number of ether oxygens (including phenoxy) is 2. The second-order valence-corrected chi connectivity index (χ2v) is 8.39. The molecule has 0 aromatic heterocycles. The monoisotopic (exact) mass is 423 g/mol. The summed E-state index contributed by atoms with van der Waals surface area (Å²) in [5.41, 5.74) is 0. The van der Waals surface area contributed by atoms with E-state index in [1.807, 2.05) is 24.3 Å². The van der Waals surface area contributed by atoms with E-state index in [0.717, 1.165) is 11.5 Å². The van der Waals surface area contributed by atoms with E-state index < -0.39 is 23.2 Å². The quantitative estimate of drug-likeness (QED) is 0.692. The van der Waals surface area contributed by atoms with Gasteiger partial charge in [-0.15, -0.1) is 0 Å². The van der Waals surface area contributed by atoms with Gasteiger partial charge in [-0.2, -0.15) is 0 Å². The molecule has 0 aliphatic heterocycles. The van der Waals surface area contributed by atoms with Crippen molar-refractivity contribution < 1.29 is 9.47 Å². The van der Waals surface area contributed by atoms with Gasteiger partial charge in [0, 0.05) is 0 Å². The summed E-state index contributed by atoms with van der Waals surface area (Å²) in [4.78, 5) is 0. The van der Waals surface area contributed by atoms with Crippen molar-refractivity contribution in [1.82, 2.24) is 0 Å². The molecule has 0 bridgehead atoms. The second-order valence-electron chi connectivity index (χ2n) is 3.51. The van der Waals surface area contributed by atoms with E-state index in [-0.39, 0.29) is 0 Å². The molecule has 0 N–H and O–H groups in total. The van der Waals surface area contributed by atoms with Gasteiger partial charge in [-0.3, -0.25) is 0 Å². The maximum absolute atomic E-state index is 5.15. The molecule has 2 radical (unpaired) electrons. The zero-order valence-electron chi connectivity index (χ0n) is 9.88. The predicted octanol–water partition coefficient (Wildman–Crippen LogP) is 1.36. The molecular weight excluding hydrogens is 409 g/mol. The maximum atomic E-state index is 5.15. The molecule has 0 unspecified atom stereocenters. The van der Waals surface area contributed by atoms with Crippen LogP contribution < -0.4 is 16.0 Å². The van der Waals surface area contributed by atoms with Gasteiger partial charge < -0.3 is 0 Å². The Hall–Kier alpha value is -1.08. The summed E-state index contributed by atoms with van der Waals surface area (Å²) in [7, 11) is 3.39. The fourth-order valence-electron chi connectivity index (χ4n) is 1.46. The van der Waals surface area contributed by atoms with Crippen LogP contribution in [-0.4, -0.2) is 37.5 Å². The van der Waals surface area contributed by atoms with Gasteiger partial charge in [0.1, 0.15) is 0 Å². The average Bonchev–Trinajstić information content (AvgIpc) is 2.40. The van der Waals surface area contributed by atoms with Gasteiger partial charge in [0.15, 0.2) is 0 Å². The number of rotatable bonds is 4. The minimum atomic E-state index is -0.788. The van der Waals surface area contributed by atoms with Gasteiger partial charge in [-0.1, -0.05) is 0 Å². The normalized spacial score (nSPS) is 10.0. The summed E-state index contributed by atoms with van der Waals surface area (Å²) in [6.07, 6.45) is 0. The molecule has 0 heterocycles. The first-order valence-corrected chi connectivity index (χ1v) is 8.79. The molecular formula is C14H14BiO2+. The fraction of sp³-hybridized carbons (Fsp3) is 0.143. The van der Waals surface area contributed by atoms with E-state index in [1.54, 1.807) is 14.2 Å². The minimum absolute atomic E-state index is 0.788. The molecule has 2 nitrogen and oxygen atoms in total. The molecule has 2 aromatic rings. The molecule has 0 aliphatic carbocycles. The Morgan fingerprint density at radius 3 is 1.29 bits per heavy atom. The van der Waals surface area contributed by atoms with Crippen LogP contribution in [0.25, 0.3) is 0 Å². The Balaban J connectivity index is 2.08.